The summed E-state index contributed by atoms with van der Waals surface area (Å²) in [6.07, 6.45) is 5.88. The van der Waals surface area contributed by atoms with Gasteiger partial charge in [-0.3, -0.25) is 0 Å². The summed E-state index contributed by atoms with van der Waals surface area (Å²) in [7, 11) is -3.25. The Balaban J connectivity index is 1.65. The molecule has 1 N–H and O–H groups in total. The van der Waals surface area contributed by atoms with E-state index in [0.717, 1.165) is 17.0 Å². The second-order valence-electron chi connectivity index (χ2n) is 6.49. The number of benzene rings is 1. The Bertz CT molecular complexity index is 1390. The molecule has 3 aromatic heterocycles. The summed E-state index contributed by atoms with van der Waals surface area (Å²) in [4.78, 5) is 12.6. The molecule has 1 aromatic carbocycles. The zero-order valence-corrected chi connectivity index (χ0v) is 16.6. The van der Waals surface area contributed by atoms with Crippen molar-refractivity contribution in [1.29, 1.82) is 0 Å². The van der Waals surface area contributed by atoms with Gasteiger partial charge >= 0.3 is 0 Å². The molecule has 30 heavy (non-hydrogen) atoms. The van der Waals surface area contributed by atoms with Crippen LogP contribution in [-0.4, -0.2) is 29.6 Å². The Morgan fingerprint density at radius 2 is 1.73 bits per heavy atom. The third-order valence-electron chi connectivity index (χ3n) is 4.26. The van der Waals surface area contributed by atoms with E-state index < -0.39 is 15.8 Å². The molecule has 0 saturated carbocycles. The van der Waals surface area contributed by atoms with Crippen LogP contribution >= 0.6 is 0 Å². The number of hydrogen-bond acceptors (Lipinski definition) is 6. The first kappa shape index (κ1) is 19.5. The number of anilines is 2. The zero-order chi connectivity index (χ0) is 21.1. The van der Waals surface area contributed by atoms with Crippen LogP contribution in [0.5, 0.6) is 0 Å². The quantitative estimate of drug-likeness (QED) is 0.403. The van der Waals surface area contributed by atoms with E-state index in [1.54, 1.807) is 30.6 Å². The predicted octanol–water partition coefficient (Wildman–Crippen LogP) is 3.71. The Morgan fingerprint density at radius 3 is 2.43 bits per heavy atom. The van der Waals surface area contributed by atoms with Gasteiger partial charge in [-0.15, -0.1) is 0 Å². The third kappa shape index (κ3) is 4.42. The number of sulfone groups is 1. The van der Waals surface area contributed by atoms with Gasteiger partial charge in [0.1, 0.15) is 11.5 Å². The monoisotopic (exact) mass is 418 g/mol. The van der Waals surface area contributed by atoms with Crippen LogP contribution in [0.4, 0.5) is 15.9 Å². The van der Waals surface area contributed by atoms with E-state index in [4.69, 9.17) is 0 Å². The maximum Gasteiger partial charge on any atom is 0.212 e. The van der Waals surface area contributed by atoms with Gasteiger partial charge in [-0.1, -0.05) is 5.92 Å². The largest absolute Gasteiger partial charge is 0.340 e. The lowest BCUT2D eigenvalue weighted by Gasteiger charge is -2.08. The van der Waals surface area contributed by atoms with E-state index in [0.29, 0.717) is 22.8 Å². The lowest BCUT2D eigenvalue weighted by atomic mass is 10.1. The molecule has 4 rings (SSSR count). The highest BCUT2D eigenvalue weighted by Crippen LogP contribution is 2.22. The molecular weight excluding hydrogens is 403 g/mol. The fraction of sp³-hybridized carbons (Fsp3) is 0.0455. The molecule has 0 spiro atoms. The molecule has 0 amide bonds. The molecule has 0 saturated heterocycles. The fourth-order valence-corrected chi connectivity index (χ4v) is 3.38. The maximum absolute atomic E-state index is 12.9. The maximum atomic E-state index is 12.9. The highest BCUT2D eigenvalue weighted by atomic mass is 32.2. The number of hydrogen-bond donors (Lipinski definition) is 1. The van der Waals surface area contributed by atoms with Crippen molar-refractivity contribution >= 4 is 32.1 Å². The van der Waals surface area contributed by atoms with Gasteiger partial charge in [-0.05, 0) is 54.5 Å². The van der Waals surface area contributed by atoms with Gasteiger partial charge in [0, 0.05) is 46.9 Å². The van der Waals surface area contributed by atoms with Gasteiger partial charge in [0.25, 0.3) is 0 Å². The standard InChI is InChI=1S/C22H15FN4O2S/c1-30(28,29)18-6-4-17(5-7-18)27-22-12-19-16(14-26-22)10-11-24-20(19)8-2-15-3-9-21(23)25-13-15/h3-7,9-14H,1H3,(H,26,27). The van der Waals surface area contributed by atoms with E-state index in [1.807, 2.05) is 12.1 Å². The average Bonchev–Trinajstić information content (AvgIpc) is 2.73. The van der Waals surface area contributed by atoms with Crippen molar-refractivity contribution in [2.75, 3.05) is 11.6 Å². The molecular formula is C22H15FN4O2S. The number of aromatic nitrogens is 3. The topological polar surface area (TPSA) is 84.8 Å². The summed E-state index contributed by atoms with van der Waals surface area (Å²) in [6, 6.07) is 12.9. The van der Waals surface area contributed by atoms with Gasteiger partial charge in [-0.25, -0.2) is 23.4 Å². The Kier molecular flexibility index (Phi) is 5.12. The number of halogens is 1. The number of nitrogens with one attached hydrogen (secondary N) is 1. The summed E-state index contributed by atoms with van der Waals surface area (Å²) in [5.41, 5.74) is 1.83. The molecule has 6 nitrogen and oxygen atoms in total. The Morgan fingerprint density at radius 1 is 0.933 bits per heavy atom. The van der Waals surface area contributed by atoms with Crippen molar-refractivity contribution in [1.82, 2.24) is 15.0 Å². The van der Waals surface area contributed by atoms with Crippen molar-refractivity contribution in [3.63, 3.8) is 0 Å². The van der Waals surface area contributed by atoms with Crippen molar-refractivity contribution in [2.45, 2.75) is 4.90 Å². The van der Waals surface area contributed by atoms with Crippen LogP contribution in [0, 0.1) is 17.8 Å². The number of nitrogens with zero attached hydrogens (tertiary/aromatic N) is 3. The van der Waals surface area contributed by atoms with Crippen LogP contribution < -0.4 is 5.32 Å². The van der Waals surface area contributed by atoms with E-state index in [9.17, 15) is 12.8 Å². The van der Waals surface area contributed by atoms with E-state index in [2.05, 4.69) is 32.1 Å². The first-order chi connectivity index (χ1) is 14.4. The number of rotatable bonds is 3. The minimum Gasteiger partial charge on any atom is -0.340 e. The van der Waals surface area contributed by atoms with Gasteiger partial charge in [0.2, 0.25) is 5.95 Å². The van der Waals surface area contributed by atoms with Gasteiger partial charge in [-0.2, -0.15) is 4.39 Å². The second-order valence-corrected chi connectivity index (χ2v) is 8.51. The molecule has 4 aromatic rings. The second kappa shape index (κ2) is 7.89. The number of pyridine rings is 3. The van der Waals surface area contributed by atoms with Crippen LogP contribution in [0.25, 0.3) is 10.8 Å². The molecule has 0 aliphatic heterocycles. The van der Waals surface area contributed by atoms with E-state index >= 15 is 0 Å². The molecule has 0 unspecified atom stereocenters. The summed E-state index contributed by atoms with van der Waals surface area (Å²) in [6.45, 7) is 0. The first-order valence-electron chi connectivity index (χ1n) is 8.84. The molecule has 0 fully saturated rings. The number of fused-ring (bicyclic) bond motifs is 1. The van der Waals surface area contributed by atoms with Crippen molar-refractivity contribution < 1.29 is 12.8 Å². The highest BCUT2D eigenvalue weighted by Gasteiger charge is 2.07. The smallest absolute Gasteiger partial charge is 0.212 e. The van der Waals surface area contributed by atoms with Gasteiger partial charge < -0.3 is 5.32 Å². The van der Waals surface area contributed by atoms with Gasteiger partial charge in [0.15, 0.2) is 9.84 Å². The van der Waals surface area contributed by atoms with Crippen LogP contribution in [0.1, 0.15) is 11.3 Å². The van der Waals surface area contributed by atoms with Crippen molar-refractivity contribution in [3.8, 4) is 11.8 Å². The highest BCUT2D eigenvalue weighted by molar-refractivity contribution is 7.90. The van der Waals surface area contributed by atoms with Crippen LogP contribution in [0.3, 0.4) is 0 Å². The lowest BCUT2D eigenvalue weighted by molar-refractivity contribution is 0.583. The van der Waals surface area contributed by atoms with Crippen LogP contribution in [-0.2, 0) is 9.84 Å². The molecule has 0 aliphatic rings. The average molecular weight is 418 g/mol. The Hall–Kier alpha value is -3.83. The summed E-state index contributed by atoms with van der Waals surface area (Å²) in [5, 5.41) is 4.81. The normalized spacial score (nSPS) is 11.0. The molecule has 8 heteroatoms. The first-order valence-corrected chi connectivity index (χ1v) is 10.7. The molecule has 148 valence electrons. The van der Waals surface area contributed by atoms with Crippen LogP contribution in [0.2, 0.25) is 0 Å². The summed E-state index contributed by atoms with van der Waals surface area (Å²) >= 11 is 0. The minimum absolute atomic E-state index is 0.247. The third-order valence-corrected chi connectivity index (χ3v) is 5.38. The summed E-state index contributed by atoms with van der Waals surface area (Å²) in [5.74, 6) is 5.93. The minimum atomic E-state index is -3.25. The molecule has 0 bridgehead atoms. The fourth-order valence-electron chi connectivity index (χ4n) is 2.75. The van der Waals surface area contributed by atoms with Gasteiger partial charge in [0.05, 0.1) is 4.90 Å². The Labute approximate surface area is 172 Å². The lowest BCUT2D eigenvalue weighted by Crippen LogP contribution is -1.98. The van der Waals surface area contributed by atoms with Crippen LogP contribution in [0.15, 0.2) is 72.0 Å². The predicted molar refractivity (Wildman–Crippen MR) is 113 cm³/mol. The van der Waals surface area contributed by atoms with Crippen molar-refractivity contribution in [3.05, 3.63) is 84.3 Å². The van der Waals surface area contributed by atoms with E-state index in [1.165, 1.54) is 24.4 Å². The van der Waals surface area contributed by atoms with Crippen molar-refractivity contribution in [2.24, 2.45) is 0 Å². The molecule has 3 heterocycles. The zero-order valence-electron chi connectivity index (χ0n) is 15.8. The molecule has 0 aliphatic carbocycles. The van der Waals surface area contributed by atoms with E-state index in [-0.39, 0.29) is 4.90 Å². The molecule has 0 radical (unpaired) electrons. The molecule has 0 atom stereocenters. The SMILES string of the molecule is CS(=O)(=O)c1ccc(Nc2cc3c(C#Cc4ccc(F)nc4)nccc3cn2)cc1. The summed E-state index contributed by atoms with van der Waals surface area (Å²) < 4.78 is 36.1.